The summed E-state index contributed by atoms with van der Waals surface area (Å²) in [6.45, 7) is 5.49. The number of hydrogen-bond acceptors (Lipinski definition) is 4. The van der Waals surface area contributed by atoms with Crippen LogP contribution in [0.5, 0.6) is 5.75 Å². The van der Waals surface area contributed by atoms with Crippen LogP contribution in [0.1, 0.15) is 32.4 Å². The van der Waals surface area contributed by atoms with Crippen LogP contribution in [0.2, 0.25) is 0 Å². The Bertz CT molecular complexity index is 517. The first-order valence-electron chi connectivity index (χ1n) is 7.31. The molecule has 122 valence electrons. The van der Waals surface area contributed by atoms with Gasteiger partial charge in [0.25, 0.3) is 0 Å². The predicted octanol–water partition coefficient (Wildman–Crippen LogP) is 0.972. The molecule has 1 aromatic carbocycles. The van der Waals surface area contributed by atoms with Crippen LogP contribution in [0, 0.1) is 5.92 Å². The van der Waals surface area contributed by atoms with Crippen LogP contribution in [-0.4, -0.2) is 31.5 Å². The molecular weight excluding hydrogens is 282 g/mol. The Kier molecular flexibility index (Phi) is 6.85. The van der Waals surface area contributed by atoms with E-state index in [1.807, 2.05) is 45.0 Å². The van der Waals surface area contributed by atoms with Crippen molar-refractivity contribution in [1.29, 1.82) is 0 Å². The van der Waals surface area contributed by atoms with E-state index in [2.05, 4.69) is 10.6 Å². The zero-order valence-electron chi connectivity index (χ0n) is 13.6. The van der Waals surface area contributed by atoms with Gasteiger partial charge in [-0.15, -0.1) is 0 Å². The van der Waals surface area contributed by atoms with Crippen LogP contribution in [-0.2, 0) is 9.59 Å². The van der Waals surface area contributed by atoms with Crippen LogP contribution >= 0.6 is 0 Å². The van der Waals surface area contributed by atoms with Gasteiger partial charge in [0.05, 0.1) is 25.7 Å². The summed E-state index contributed by atoms with van der Waals surface area (Å²) in [5.41, 5.74) is 6.64. The average Bonchev–Trinajstić information content (AvgIpc) is 2.51. The second-order valence-corrected chi connectivity index (χ2v) is 5.55. The van der Waals surface area contributed by atoms with Crippen molar-refractivity contribution in [2.45, 2.75) is 32.9 Å². The molecule has 0 saturated heterocycles. The Morgan fingerprint density at radius 3 is 2.55 bits per heavy atom. The van der Waals surface area contributed by atoms with Gasteiger partial charge < -0.3 is 21.1 Å². The maximum absolute atomic E-state index is 11.9. The normalized spacial score (nSPS) is 13.4. The molecule has 6 nitrogen and oxygen atoms in total. The zero-order valence-corrected chi connectivity index (χ0v) is 13.6. The number of methoxy groups -OCH3 is 1. The van der Waals surface area contributed by atoms with Gasteiger partial charge in [-0.2, -0.15) is 0 Å². The van der Waals surface area contributed by atoms with E-state index in [-0.39, 0.29) is 30.3 Å². The molecule has 0 saturated carbocycles. The number of nitrogens with two attached hydrogens (primary N) is 1. The molecular formula is C16H25N3O3. The number of amides is 2. The molecule has 1 unspecified atom stereocenters. The summed E-state index contributed by atoms with van der Waals surface area (Å²) < 4.78 is 5.15. The molecule has 0 bridgehead atoms. The summed E-state index contributed by atoms with van der Waals surface area (Å²) in [4.78, 5) is 23.6. The van der Waals surface area contributed by atoms with Crippen molar-refractivity contribution in [3.8, 4) is 5.75 Å². The van der Waals surface area contributed by atoms with E-state index in [1.165, 1.54) is 0 Å². The number of ether oxygens (including phenoxy) is 1. The Morgan fingerprint density at radius 2 is 1.95 bits per heavy atom. The Balaban J connectivity index is 2.49. The minimum atomic E-state index is -0.608. The molecule has 6 heteroatoms. The van der Waals surface area contributed by atoms with Crippen molar-refractivity contribution in [3.05, 3.63) is 29.8 Å². The number of nitrogens with one attached hydrogen (secondary N) is 2. The van der Waals surface area contributed by atoms with Crippen LogP contribution in [0.3, 0.4) is 0 Å². The Hall–Kier alpha value is -2.08. The van der Waals surface area contributed by atoms with E-state index in [0.717, 1.165) is 11.3 Å². The minimum absolute atomic E-state index is 0.0266. The van der Waals surface area contributed by atoms with Crippen molar-refractivity contribution in [3.63, 3.8) is 0 Å². The van der Waals surface area contributed by atoms with Gasteiger partial charge in [0.2, 0.25) is 11.8 Å². The number of carbonyl (C=O) groups is 2. The first kappa shape index (κ1) is 18.0. The monoisotopic (exact) mass is 307 g/mol. The maximum Gasteiger partial charge on any atom is 0.239 e. The second kappa shape index (κ2) is 8.38. The lowest BCUT2D eigenvalue weighted by molar-refractivity contribution is -0.127. The second-order valence-electron chi connectivity index (χ2n) is 5.55. The summed E-state index contributed by atoms with van der Waals surface area (Å²) in [7, 11) is 1.59. The highest BCUT2D eigenvalue weighted by Gasteiger charge is 2.18. The predicted molar refractivity (Wildman–Crippen MR) is 85.4 cm³/mol. The molecule has 0 fully saturated rings. The molecule has 0 aromatic heterocycles. The fraction of sp³-hybridized carbons (Fsp3) is 0.500. The molecule has 1 aromatic rings. The molecule has 0 radical (unpaired) electrons. The number of carbonyl (C=O) groups excluding carboxylic acids is 2. The lowest BCUT2D eigenvalue weighted by atomic mass is 10.1. The van der Waals surface area contributed by atoms with Gasteiger partial charge in [0.1, 0.15) is 5.75 Å². The van der Waals surface area contributed by atoms with E-state index >= 15 is 0 Å². The van der Waals surface area contributed by atoms with E-state index in [9.17, 15) is 9.59 Å². The highest BCUT2D eigenvalue weighted by molar-refractivity contribution is 5.87. The van der Waals surface area contributed by atoms with Crippen LogP contribution in [0.25, 0.3) is 0 Å². The van der Waals surface area contributed by atoms with E-state index in [4.69, 9.17) is 10.5 Å². The summed E-state index contributed by atoms with van der Waals surface area (Å²) >= 11 is 0. The fourth-order valence-electron chi connectivity index (χ4n) is 1.87. The smallest absolute Gasteiger partial charge is 0.239 e. The van der Waals surface area contributed by atoms with E-state index < -0.39 is 6.04 Å². The number of benzene rings is 1. The summed E-state index contributed by atoms with van der Waals surface area (Å²) in [6, 6.07) is 6.67. The van der Waals surface area contributed by atoms with E-state index in [1.54, 1.807) is 7.11 Å². The maximum atomic E-state index is 11.9. The Labute approximate surface area is 131 Å². The van der Waals surface area contributed by atoms with Gasteiger partial charge in [-0.25, -0.2) is 0 Å². The van der Waals surface area contributed by atoms with E-state index in [0.29, 0.717) is 0 Å². The topological polar surface area (TPSA) is 93.5 Å². The molecule has 0 heterocycles. The molecule has 0 spiro atoms. The quantitative estimate of drug-likeness (QED) is 0.700. The molecule has 2 atom stereocenters. The molecule has 2 amide bonds. The van der Waals surface area contributed by atoms with Crippen LogP contribution < -0.4 is 21.1 Å². The summed E-state index contributed by atoms with van der Waals surface area (Å²) in [5, 5.41) is 5.36. The zero-order chi connectivity index (χ0) is 16.7. The Morgan fingerprint density at radius 1 is 1.27 bits per heavy atom. The van der Waals surface area contributed by atoms with Crippen LogP contribution in [0.15, 0.2) is 24.3 Å². The number of rotatable bonds is 7. The van der Waals surface area contributed by atoms with Gasteiger partial charge in [0, 0.05) is 0 Å². The summed E-state index contributed by atoms with van der Waals surface area (Å²) in [6.07, 6.45) is 0. The average molecular weight is 307 g/mol. The van der Waals surface area contributed by atoms with Gasteiger partial charge in [-0.3, -0.25) is 9.59 Å². The van der Waals surface area contributed by atoms with Crippen LogP contribution in [0.4, 0.5) is 0 Å². The molecule has 0 aliphatic heterocycles. The third kappa shape index (κ3) is 5.37. The molecule has 0 aliphatic carbocycles. The van der Waals surface area contributed by atoms with Gasteiger partial charge in [0.15, 0.2) is 0 Å². The highest BCUT2D eigenvalue weighted by Crippen LogP contribution is 2.18. The van der Waals surface area contributed by atoms with Crippen molar-refractivity contribution in [1.82, 2.24) is 10.6 Å². The number of hydrogen-bond donors (Lipinski definition) is 3. The molecule has 1 rings (SSSR count). The lowest BCUT2D eigenvalue weighted by Gasteiger charge is -2.17. The van der Waals surface area contributed by atoms with Gasteiger partial charge in [-0.05, 0) is 30.5 Å². The first-order valence-corrected chi connectivity index (χ1v) is 7.31. The van der Waals surface area contributed by atoms with Crippen molar-refractivity contribution in [2.24, 2.45) is 11.7 Å². The standard InChI is InChI=1S/C16H25N3O3/c1-10(2)15(17)16(21)18-9-14(20)19-11(3)12-6-5-7-13(8-12)22-4/h5-8,10-11,15H,9,17H2,1-4H3,(H,18,21)(H,19,20)/t11?,15-/m0/s1. The molecule has 4 N–H and O–H groups in total. The van der Waals surface area contributed by atoms with Crippen molar-refractivity contribution < 1.29 is 14.3 Å². The highest BCUT2D eigenvalue weighted by atomic mass is 16.5. The molecule has 22 heavy (non-hydrogen) atoms. The fourth-order valence-corrected chi connectivity index (χ4v) is 1.87. The van der Waals surface area contributed by atoms with Gasteiger partial charge >= 0.3 is 0 Å². The lowest BCUT2D eigenvalue weighted by Crippen LogP contribution is -2.47. The molecule has 0 aliphatic rings. The first-order chi connectivity index (χ1) is 10.3. The van der Waals surface area contributed by atoms with Gasteiger partial charge in [-0.1, -0.05) is 26.0 Å². The van der Waals surface area contributed by atoms with Crippen molar-refractivity contribution in [2.75, 3.05) is 13.7 Å². The van der Waals surface area contributed by atoms with Crippen molar-refractivity contribution >= 4 is 11.8 Å². The SMILES string of the molecule is COc1cccc(C(C)NC(=O)CNC(=O)[C@@H](N)C(C)C)c1. The minimum Gasteiger partial charge on any atom is -0.497 e. The largest absolute Gasteiger partial charge is 0.497 e. The third-order valence-electron chi connectivity index (χ3n) is 3.42. The summed E-state index contributed by atoms with van der Waals surface area (Å²) in [5.74, 6) is 0.174. The third-order valence-corrected chi connectivity index (χ3v) is 3.42.